The molecule has 0 aliphatic heterocycles. The predicted molar refractivity (Wildman–Crippen MR) is 96.9 cm³/mol. The summed E-state index contributed by atoms with van der Waals surface area (Å²) >= 11 is 5.92. The molecule has 6 heteroatoms. The van der Waals surface area contributed by atoms with E-state index in [1.54, 1.807) is 13.3 Å². The van der Waals surface area contributed by atoms with Crippen LogP contribution >= 0.6 is 38.5 Å². The molecule has 1 aromatic carbocycles. The smallest absolute Gasteiger partial charge is 0.161 e. The summed E-state index contributed by atoms with van der Waals surface area (Å²) in [5.74, 6) is 0.804. The molecule has 1 heterocycles. The maximum Gasteiger partial charge on any atom is 0.161 e. The van der Waals surface area contributed by atoms with Gasteiger partial charge < -0.3 is 10.1 Å². The van der Waals surface area contributed by atoms with Crippen LogP contribution in [0.25, 0.3) is 0 Å². The van der Waals surface area contributed by atoms with Crippen LogP contribution in [0.5, 0.6) is 5.75 Å². The average molecular weight is 464 g/mol. The Morgan fingerprint density at radius 1 is 1.38 bits per heavy atom. The molecule has 0 amide bonds. The van der Waals surface area contributed by atoms with Crippen LogP contribution in [-0.2, 0) is 0 Å². The number of nitrogens with zero attached hydrogens (tertiary/aromatic N) is 2. The Kier molecular flexibility index (Phi) is 5.67. The van der Waals surface area contributed by atoms with Gasteiger partial charge >= 0.3 is 0 Å². The van der Waals surface area contributed by atoms with Gasteiger partial charge in [-0.3, -0.25) is 4.68 Å². The number of rotatable bonds is 5. The summed E-state index contributed by atoms with van der Waals surface area (Å²) in [6, 6.07) is 6.58. The van der Waals surface area contributed by atoms with Crippen molar-refractivity contribution in [1.82, 2.24) is 15.1 Å². The number of methoxy groups -OCH3 is 1. The van der Waals surface area contributed by atoms with Crippen LogP contribution in [0.3, 0.4) is 0 Å². The molecule has 1 unspecified atom stereocenters. The fourth-order valence-electron chi connectivity index (χ4n) is 2.37. The predicted octanol–water partition coefficient (Wildman–Crippen LogP) is 4.15. The number of halogens is 2. The van der Waals surface area contributed by atoms with Crippen LogP contribution in [-0.4, -0.2) is 23.9 Å². The first-order valence-electron chi connectivity index (χ1n) is 6.73. The zero-order chi connectivity index (χ0) is 15.6. The highest BCUT2D eigenvalue weighted by Gasteiger charge is 2.25. The van der Waals surface area contributed by atoms with Crippen molar-refractivity contribution in [3.8, 4) is 5.75 Å². The van der Waals surface area contributed by atoms with Crippen molar-refractivity contribution in [3.05, 3.63) is 43.7 Å². The van der Waals surface area contributed by atoms with Gasteiger partial charge in [0.25, 0.3) is 0 Å². The van der Waals surface area contributed by atoms with Gasteiger partial charge in [-0.15, -0.1) is 0 Å². The third kappa shape index (κ3) is 3.43. The van der Waals surface area contributed by atoms with Crippen LogP contribution in [0.15, 0.2) is 28.9 Å². The van der Waals surface area contributed by atoms with Crippen molar-refractivity contribution < 1.29 is 4.74 Å². The Bertz CT molecular complexity index is 627. The molecule has 1 N–H and O–H groups in total. The van der Waals surface area contributed by atoms with E-state index in [1.165, 1.54) is 9.13 Å². The Hall–Kier alpha value is -0.600. The van der Waals surface area contributed by atoms with Crippen molar-refractivity contribution in [1.29, 1.82) is 0 Å². The summed E-state index contributed by atoms with van der Waals surface area (Å²) in [5.41, 5.74) is 2.25. The third-order valence-corrected chi connectivity index (χ3v) is 4.81. The number of ether oxygens (including phenoxy) is 1. The van der Waals surface area contributed by atoms with Gasteiger partial charge in [-0.2, -0.15) is 5.10 Å². The monoisotopic (exact) mass is 463 g/mol. The molecule has 1 aromatic heterocycles. The Morgan fingerprint density at radius 2 is 2.10 bits per heavy atom. The van der Waals surface area contributed by atoms with E-state index >= 15 is 0 Å². The SMILES string of the molecule is CNC(c1cc(Br)ccc1I)c1c(OC)cnn1C(C)C. The normalized spacial score (nSPS) is 12.7. The molecular formula is C15H19BrIN3O. The van der Waals surface area contributed by atoms with E-state index in [4.69, 9.17) is 4.74 Å². The van der Waals surface area contributed by atoms with E-state index in [0.717, 1.165) is 15.9 Å². The molecule has 0 bridgehead atoms. The van der Waals surface area contributed by atoms with E-state index < -0.39 is 0 Å². The molecular weight excluding hydrogens is 445 g/mol. The highest BCUT2D eigenvalue weighted by Crippen LogP contribution is 2.34. The van der Waals surface area contributed by atoms with Crippen molar-refractivity contribution in [2.75, 3.05) is 14.2 Å². The van der Waals surface area contributed by atoms with E-state index in [2.05, 4.69) is 81.0 Å². The average Bonchev–Trinajstić information content (AvgIpc) is 2.87. The molecule has 2 aromatic rings. The number of hydrogen-bond acceptors (Lipinski definition) is 3. The molecule has 0 saturated heterocycles. The van der Waals surface area contributed by atoms with Crippen molar-refractivity contribution in [3.63, 3.8) is 0 Å². The zero-order valence-electron chi connectivity index (χ0n) is 12.5. The highest BCUT2D eigenvalue weighted by atomic mass is 127. The minimum Gasteiger partial charge on any atom is -0.493 e. The molecule has 0 aliphatic carbocycles. The van der Waals surface area contributed by atoms with Gasteiger partial charge in [0.15, 0.2) is 5.75 Å². The summed E-state index contributed by atoms with van der Waals surface area (Å²) in [7, 11) is 3.64. The van der Waals surface area contributed by atoms with E-state index in [0.29, 0.717) is 0 Å². The van der Waals surface area contributed by atoms with Crippen LogP contribution < -0.4 is 10.1 Å². The molecule has 2 rings (SSSR count). The Balaban J connectivity index is 2.61. The first kappa shape index (κ1) is 16.8. The molecule has 0 radical (unpaired) electrons. The molecule has 1 atom stereocenters. The number of hydrogen-bond donors (Lipinski definition) is 1. The van der Waals surface area contributed by atoms with Crippen LogP contribution in [0, 0.1) is 3.57 Å². The zero-order valence-corrected chi connectivity index (χ0v) is 16.3. The second kappa shape index (κ2) is 7.11. The molecule has 0 spiro atoms. The summed E-state index contributed by atoms with van der Waals surface area (Å²) in [5, 5.41) is 7.86. The summed E-state index contributed by atoms with van der Waals surface area (Å²) in [6.45, 7) is 4.24. The molecule has 0 aliphatic rings. The number of benzene rings is 1. The first-order chi connectivity index (χ1) is 9.99. The molecule has 114 valence electrons. The van der Waals surface area contributed by atoms with E-state index in [9.17, 15) is 0 Å². The lowest BCUT2D eigenvalue weighted by Crippen LogP contribution is -2.24. The highest BCUT2D eigenvalue weighted by molar-refractivity contribution is 14.1. The lowest BCUT2D eigenvalue weighted by Gasteiger charge is -2.22. The maximum absolute atomic E-state index is 5.51. The van der Waals surface area contributed by atoms with Gasteiger partial charge in [0.2, 0.25) is 0 Å². The summed E-state index contributed by atoms with van der Waals surface area (Å²) < 4.78 is 9.79. The molecule has 0 saturated carbocycles. The standard InChI is InChI=1S/C15H19BrIN3O/c1-9(2)20-15(13(21-4)8-19-20)14(18-3)11-7-10(16)5-6-12(11)17/h5-9,14,18H,1-4H3. The van der Waals surface area contributed by atoms with Crippen LogP contribution in [0.4, 0.5) is 0 Å². The van der Waals surface area contributed by atoms with Crippen molar-refractivity contribution in [2.45, 2.75) is 25.9 Å². The fraction of sp³-hybridized carbons (Fsp3) is 0.400. The first-order valence-corrected chi connectivity index (χ1v) is 8.60. The van der Waals surface area contributed by atoms with Gasteiger partial charge in [0.05, 0.1) is 19.3 Å². The largest absolute Gasteiger partial charge is 0.493 e. The van der Waals surface area contributed by atoms with Crippen LogP contribution in [0.2, 0.25) is 0 Å². The molecule has 4 nitrogen and oxygen atoms in total. The van der Waals surface area contributed by atoms with Gasteiger partial charge in [-0.05, 0) is 67.2 Å². The lowest BCUT2D eigenvalue weighted by atomic mass is 10.0. The lowest BCUT2D eigenvalue weighted by molar-refractivity contribution is 0.396. The minimum absolute atomic E-state index is 0.0225. The maximum atomic E-state index is 5.51. The van der Waals surface area contributed by atoms with E-state index in [-0.39, 0.29) is 12.1 Å². The Labute approximate surface area is 147 Å². The van der Waals surface area contributed by atoms with Gasteiger partial charge in [-0.25, -0.2) is 0 Å². The third-order valence-electron chi connectivity index (χ3n) is 3.34. The van der Waals surface area contributed by atoms with Gasteiger partial charge in [0, 0.05) is 14.1 Å². The van der Waals surface area contributed by atoms with Gasteiger partial charge in [0.1, 0.15) is 5.69 Å². The topological polar surface area (TPSA) is 39.1 Å². The number of nitrogens with one attached hydrogen (secondary N) is 1. The van der Waals surface area contributed by atoms with Gasteiger partial charge in [-0.1, -0.05) is 15.9 Å². The molecule has 0 fully saturated rings. The number of aromatic nitrogens is 2. The summed E-state index contributed by atoms with van der Waals surface area (Å²) in [4.78, 5) is 0. The summed E-state index contributed by atoms with van der Waals surface area (Å²) in [6.07, 6.45) is 1.78. The quantitative estimate of drug-likeness (QED) is 0.677. The van der Waals surface area contributed by atoms with Crippen molar-refractivity contribution in [2.24, 2.45) is 0 Å². The second-order valence-corrected chi connectivity index (χ2v) is 7.10. The van der Waals surface area contributed by atoms with E-state index in [1.807, 2.05) is 11.7 Å². The van der Waals surface area contributed by atoms with Crippen molar-refractivity contribution >= 4 is 38.5 Å². The fourth-order valence-corrected chi connectivity index (χ4v) is 3.40. The molecule has 21 heavy (non-hydrogen) atoms. The minimum atomic E-state index is 0.0225. The Morgan fingerprint density at radius 3 is 2.67 bits per heavy atom. The second-order valence-electron chi connectivity index (χ2n) is 5.02. The van der Waals surface area contributed by atoms with Crippen LogP contribution in [0.1, 0.15) is 37.2 Å².